The lowest BCUT2D eigenvalue weighted by molar-refractivity contribution is 0.790. The van der Waals surface area contributed by atoms with Crippen molar-refractivity contribution >= 4 is 34.5 Å². The first-order chi connectivity index (χ1) is 7.56. The van der Waals surface area contributed by atoms with E-state index in [1.165, 1.54) is 11.3 Å². The molecule has 1 heterocycles. The van der Waals surface area contributed by atoms with Gasteiger partial charge >= 0.3 is 0 Å². The maximum absolute atomic E-state index is 5.94. The van der Waals surface area contributed by atoms with Crippen LogP contribution in [0.5, 0.6) is 0 Å². The highest BCUT2D eigenvalue weighted by atomic mass is 35.5. The van der Waals surface area contributed by atoms with Crippen molar-refractivity contribution < 1.29 is 0 Å². The number of halogens is 2. The van der Waals surface area contributed by atoms with E-state index >= 15 is 0 Å². The van der Waals surface area contributed by atoms with Gasteiger partial charge in [0.1, 0.15) is 5.01 Å². The molecule has 0 fully saturated rings. The van der Waals surface area contributed by atoms with Gasteiger partial charge in [0.2, 0.25) is 0 Å². The second kappa shape index (κ2) is 4.72. The largest absolute Gasteiger partial charge is 0.323 e. The lowest BCUT2D eigenvalue weighted by atomic mass is 10.2. The maximum Gasteiger partial charge on any atom is 0.123 e. The molecule has 0 aliphatic heterocycles. The van der Waals surface area contributed by atoms with Crippen LogP contribution in [0.2, 0.25) is 10.0 Å². The summed E-state index contributed by atoms with van der Waals surface area (Å²) in [6.07, 6.45) is 0. The Morgan fingerprint density at radius 2 is 1.88 bits per heavy atom. The van der Waals surface area contributed by atoms with Crippen LogP contribution in [-0.4, -0.2) is 4.98 Å². The third kappa shape index (κ3) is 2.55. The maximum atomic E-state index is 5.94. The highest BCUT2D eigenvalue weighted by molar-refractivity contribution is 7.13. The van der Waals surface area contributed by atoms with E-state index in [9.17, 15) is 0 Å². The van der Waals surface area contributed by atoms with Gasteiger partial charge in [-0.05, 0) is 25.1 Å². The molecule has 5 heteroatoms. The van der Waals surface area contributed by atoms with E-state index in [0.29, 0.717) is 10.0 Å². The lowest BCUT2D eigenvalue weighted by Crippen LogP contribution is -2.04. The smallest absolute Gasteiger partial charge is 0.123 e. The van der Waals surface area contributed by atoms with E-state index in [4.69, 9.17) is 28.9 Å². The number of hydrogen-bond donors (Lipinski definition) is 1. The van der Waals surface area contributed by atoms with Crippen LogP contribution in [-0.2, 0) is 0 Å². The van der Waals surface area contributed by atoms with Crippen LogP contribution >= 0.6 is 34.5 Å². The molecule has 0 aliphatic rings. The number of nitrogens with two attached hydrogens (primary N) is 1. The highest BCUT2D eigenvalue weighted by Gasteiger charge is 2.08. The summed E-state index contributed by atoms with van der Waals surface area (Å²) in [5.41, 5.74) is 7.57. The predicted octanol–water partition coefficient (Wildman–Crippen LogP) is 4.14. The first-order valence-electron chi connectivity index (χ1n) is 4.74. The standard InChI is InChI=1S/C11H10Cl2N2S/c1-6(14)10-5-16-11(15-10)7-2-8(12)4-9(13)3-7/h2-6H,14H2,1H3. The molecule has 16 heavy (non-hydrogen) atoms. The fraction of sp³-hybridized carbons (Fsp3) is 0.182. The molecule has 0 amide bonds. The second-order valence-corrected chi connectivity index (χ2v) is 5.26. The molecule has 0 bridgehead atoms. The zero-order valence-corrected chi connectivity index (χ0v) is 10.9. The summed E-state index contributed by atoms with van der Waals surface area (Å²) in [6, 6.07) is 5.33. The number of hydrogen-bond acceptors (Lipinski definition) is 3. The Morgan fingerprint density at radius 3 is 2.38 bits per heavy atom. The van der Waals surface area contributed by atoms with Crippen molar-refractivity contribution in [1.29, 1.82) is 0 Å². The molecule has 2 rings (SSSR count). The molecule has 1 atom stereocenters. The average Bonchev–Trinajstić information content (AvgIpc) is 2.64. The lowest BCUT2D eigenvalue weighted by Gasteiger charge is -2.00. The zero-order chi connectivity index (χ0) is 11.7. The van der Waals surface area contributed by atoms with Crippen LogP contribution < -0.4 is 5.73 Å². The van der Waals surface area contributed by atoms with E-state index in [-0.39, 0.29) is 6.04 Å². The summed E-state index contributed by atoms with van der Waals surface area (Å²) in [6.45, 7) is 1.91. The van der Waals surface area contributed by atoms with Crippen LogP contribution in [0.15, 0.2) is 23.6 Å². The number of thiazole rings is 1. The SMILES string of the molecule is CC(N)c1csc(-c2cc(Cl)cc(Cl)c2)n1. The van der Waals surface area contributed by atoms with Crippen LogP contribution in [0.1, 0.15) is 18.7 Å². The third-order valence-corrected chi connectivity index (χ3v) is 3.44. The van der Waals surface area contributed by atoms with Gasteiger partial charge in [0, 0.05) is 27.0 Å². The minimum absolute atomic E-state index is 0.0559. The van der Waals surface area contributed by atoms with Crippen molar-refractivity contribution in [3.63, 3.8) is 0 Å². The quantitative estimate of drug-likeness (QED) is 0.893. The van der Waals surface area contributed by atoms with Crippen LogP contribution in [0.3, 0.4) is 0 Å². The summed E-state index contributed by atoms with van der Waals surface area (Å²) < 4.78 is 0. The van der Waals surface area contributed by atoms with Crippen molar-refractivity contribution in [2.45, 2.75) is 13.0 Å². The summed E-state index contributed by atoms with van der Waals surface area (Å²) in [5, 5.41) is 4.06. The van der Waals surface area contributed by atoms with Gasteiger partial charge in [-0.2, -0.15) is 0 Å². The topological polar surface area (TPSA) is 38.9 Å². The average molecular weight is 273 g/mol. The van der Waals surface area contributed by atoms with Crippen molar-refractivity contribution in [1.82, 2.24) is 4.98 Å². The molecule has 0 saturated heterocycles. The Hall–Kier alpha value is -0.610. The summed E-state index contributed by atoms with van der Waals surface area (Å²) in [5.74, 6) is 0. The van der Waals surface area contributed by atoms with Gasteiger partial charge < -0.3 is 5.73 Å². The van der Waals surface area contributed by atoms with E-state index < -0.39 is 0 Å². The predicted molar refractivity (Wildman–Crippen MR) is 70.2 cm³/mol. The molecule has 2 aromatic rings. The van der Waals surface area contributed by atoms with Gasteiger partial charge in [-0.1, -0.05) is 23.2 Å². The number of benzene rings is 1. The summed E-state index contributed by atoms with van der Waals surface area (Å²) in [7, 11) is 0. The monoisotopic (exact) mass is 272 g/mol. The minimum atomic E-state index is -0.0559. The molecule has 1 aromatic heterocycles. The first kappa shape index (κ1) is 11.9. The Bertz CT molecular complexity index is 488. The number of aromatic nitrogens is 1. The van der Waals surface area contributed by atoms with Crippen LogP contribution in [0.25, 0.3) is 10.6 Å². The Labute approximate surface area is 108 Å². The fourth-order valence-electron chi connectivity index (χ4n) is 1.31. The molecule has 0 saturated carbocycles. The van der Waals surface area contributed by atoms with E-state index in [1.807, 2.05) is 24.4 Å². The second-order valence-electron chi connectivity index (χ2n) is 3.52. The molecule has 84 valence electrons. The molecule has 0 aliphatic carbocycles. The van der Waals surface area contributed by atoms with E-state index in [2.05, 4.69) is 4.98 Å². The van der Waals surface area contributed by atoms with Gasteiger partial charge in [0.05, 0.1) is 5.69 Å². The molecule has 1 aromatic carbocycles. The molecule has 0 spiro atoms. The van der Waals surface area contributed by atoms with Crippen molar-refractivity contribution in [3.05, 3.63) is 39.3 Å². The highest BCUT2D eigenvalue weighted by Crippen LogP contribution is 2.30. The van der Waals surface area contributed by atoms with Gasteiger partial charge in [0.15, 0.2) is 0 Å². The van der Waals surface area contributed by atoms with Gasteiger partial charge in [0.25, 0.3) is 0 Å². The zero-order valence-electron chi connectivity index (χ0n) is 8.58. The molecule has 2 nitrogen and oxygen atoms in total. The third-order valence-electron chi connectivity index (χ3n) is 2.10. The van der Waals surface area contributed by atoms with Crippen molar-refractivity contribution in [2.24, 2.45) is 5.73 Å². The summed E-state index contributed by atoms with van der Waals surface area (Å²) in [4.78, 5) is 4.44. The van der Waals surface area contributed by atoms with Gasteiger partial charge in [-0.25, -0.2) is 4.98 Å². The Kier molecular flexibility index (Phi) is 3.50. The summed E-state index contributed by atoms with van der Waals surface area (Å²) >= 11 is 13.4. The molecule has 2 N–H and O–H groups in total. The number of rotatable bonds is 2. The van der Waals surface area contributed by atoms with Crippen LogP contribution in [0.4, 0.5) is 0 Å². The van der Waals surface area contributed by atoms with Crippen LogP contribution in [0, 0.1) is 0 Å². The van der Waals surface area contributed by atoms with Crippen molar-refractivity contribution in [3.8, 4) is 10.6 Å². The number of nitrogens with zero attached hydrogens (tertiary/aromatic N) is 1. The molecule has 1 unspecified atom stereocenters. The normalized spacial score (nSPS) is 12.8. The van der Waals surface area contributed by atoms with E-state index in [1.54, 1.807) is 6.07 Å². The Morgan fingerprint density at radius 1 is 1.25 bits per heavy atom. The van der Waals surface area contributed by atoms with Gasteiger partial charge in [-0.15, -0.1) is 11.3 Å². The molecule has 0 radical (unpaired) electrons. The van der Waals surface area contributed by atoms with E-state index in [0.717, 1.165) is 16.3 Å². The molecular formula is C11H10Cl2N2S. The van der Waals surface area contributed by atoms with Crippen molar-refractivity contribution in [2.75, 3.05) is 0 Å². The fourth-order valence-corrected chi connectivity index (χ4v) is 2.74. The van der Waals surface area contributed by atoms with Gasteiger partial charge in [-0.3, -0.25) is 0 Å². The minimum Gasteiger partial charge on any atom is -0.323 e. The molecular weight excluding hydrogens is 263 g/mol. The first-order valence-corrected chi connectivity index (χ1v) is 6.37. The Balaban J connectivity index is 2.42.